The van der Waals surface area contributed by atoms with Gasteiger partial charge in [0.1, 0.15) is 5.78 Å². The van der Waals surface area contributed by atoms with Crippen molar-refractivity contribution in [2.75, 3.05) is 13.1 Å². The van der Waals surface area contributed by atoms with Gasteiger partial charge in [-0.1, -0.05) is 27.2 Å². The summed E-state index contributed by atoms with van der Waals surface area (Å²) in [5.41, 5.74) is 0. The molecule has 1 aliphatic carbocycles. The highest BCUT2D eigenvalue weighted by molar-refractivity contribution is 5.84. The van der Waals surface area contributed by atoms with Crippen LogP contribution in [-0.2, 0) is 14.3 Å². The molecule has 1 fully saturated rings. The highest BCUT2D eigenvalue weighted by Gasteiger charge is 2.34. The molecule has 0 aliphatic heterocycles. The van der Waals surface area contributed by atoms with Crippen molar-refractivity contribution in [3.63, 3.8) is 0 Å². The van der Waals surface area contributed by atoms with Crippen LogP contribution in [0.25, 0.3) is 0 Å². The Morgan fingerprint density at radius 1 is 1.14 bits per heavy atom. The molecule has 0 radical (unpaired) electrons. The van der Waals surface area contributed by atoms with Crippen molar-refractivity contribution >= 4 is 11.8 Å². The van der Waals surface area contributed by atoms with E-state index in [4.69, 9.17) is 4.74 Å². The number of Topliss-reactive ketones (excluding diaryl/α,β-unsaturated/α-hetero) is 1. The van der Waals surface area contributed by atoms with Gasteiger partial charge in [-0.3, -0.25) is 9.59 Å². The molecule has 1 aliphatic rings. The summed E-state index contributed by atoms with van der Waals surface area (Å²) >= 11 is 0. The maximum Gasteiger partial charge on any atom is 0.320 e. The molecule has 0 spiro atoms. The van der Waals surface area contributed by atoms with Crippen LogP contribution < -0.4 is 5.32 Å². The standard InChI is InChI=1S/C17H31NO3/c1-11(2)14-7-6-13(5)8-15(14)16(19)9-18-10-17(20)21-12(3)4/h11-15,18H,6-10H2,1-5H3/t13-,14+,15-/m1/s1. The molecular formula is C17H31NO3. The lowest BCUT2D eigenvalue weighted by atomic mass is 9.68. The van der Waals surface area contributed by atoms with Crippen LogP contribution >= 0.6 is 0 Å². The van der Waals surface area contributed by atoms with E-state index in [0.29, 0.717) is 17.8 Å². The maximum atomic E-state index is 12.4. The van der Waals surface area contributed by atoms with Gasteiger partial charge in [0.15, 0.2) is 0 Å². The first kappa shape index (κ1) is 18.1. The van der Waals surface area contributed by atoms with Crippen molar-refractivity contribution in [2.24, 2.45) is 23.7 Å². The summed E-state index contributed by atoms with van der Waals surface area (Å²) in [6, 6.07) is 0. The molecule has 4 nitrogen and oxygen atoms in total. The summed E-state index contributed by atoms with van der Waals surface area (Å²) in [5, 5.41) is 2.94. The normalized spacial score (nSPS) is 26.1. The third kappa shape index (κ3) is 6.16. The quantitative estimate of drug-likeness (QED) is 0.734. The lowest BCUT2D eigenvalue weighted by molar-refractivity contribution is -0.146. The van der Waals surface area contributed by atoms with E-state index in [1.165, 1.54) is 6.42 Å². The van der Waals surface area contributed by atoms with Gasteiger partial charge in [0.25, 0.3) is 0 Å². The zero-order valence-corrected chi connectivity index (χ0v) is 14.1. The smallest absolute Gasteiger partial charge is 0.320 e. The number of hydrogen-bond donors (Lipinski definition) is 1. The fraction of sp³-hybridized carbons (Fsp3) is 0.882. The van der Waals surface area contributed by atoms with E-state index in [0.717, 1.165) is 12.8 Å². The molecule has 1 rings (SSSR count). The topological polar surface area (TPSA) is 55.4 Å². The Morgan fingerprint density at radius 3 is 2.38 bits per heavy atom. The van der Waals surface area contributed by atoms with Crippen LogP contribution in [0, 0.1) is 23.7 Å². The van der Waals surface area contributed by atoms with E-state index in [9.17, 15) is 9.59 Å². The predicted octanol–water partition coefficient (Wildman–Crippen LogP) is 2.81. The molecule has 1 N–H and O–H groups in total. The fourth-order valence-corrected chi connectivity index (χ4v) is 3.30. The number of ketones is 1. The van der Waals surface area contributed by atoms with Crippen LogP contribution in [0.5, 0.6) is 0 Å². The van der Waals surface area contributed by atoms with Crippen molar-refractivity contribution in [3.05, 3.63) is 0 Å². The lowest BCUT2D eigenvalue weighted by Crippen LogP contribution is -2.39. The number of ether oxygens (including phenoxy) is 1. The molecule has 0 heterocycles. The van der Waals surface area contributed by atoms with E-state index < -0.39 is 0 Å². The molecule has 0 aromatic heterocycles. The van der Waals surface area contributed by atoms with Gasteiger partial charge in [-0.25, -0.2) is 0 Å². The second-order valence-electron chi connectivity index (χ2n) is 7.04. The van der Waals surface area contributed by atoms with Crippen molar-refractivity contribution in [1.29, 1.82) is 0 Å². The van der Waals surface area contributed by atoms with Gasteiger partial charge in [0.2, 0.25) is 0 Å². The highest BCUT2D eigenvalue weighted by Crippen LogP contribution is 2.38. The SMILES string of the molecule is CC(C)OC(=O)CNCC(=O)[C@@H]1C[C@H](C)CC[C@H]1C(C)C. The molecule has 0 bridgehead atoms. The Kier molecular flexibility index (Phi) is 7.36. The van der Waals surface area contributed by atoms with Crippen LogP contribution in [0.3, 0.4) is 0 Å². The zero-order valence-electron chi connectivity index (χ0n) is 14.1. The van der Waals surface area contributed by atoms with E-state index in [-0.39, 0.29) is 36.9 Å². The Bertz CT molecular complexity index is 352. The minimum absolute atomic E-state index is 0.110. The largest absolute Gasteiger partial charge is 0.462 e. The molecule has 1 saturated carbocycles. The summed E-state index contributed by atoms with van der Waals surface area (Å²) < 4.78 is 5.04. The molecule has 0 aromatic carbocycles. The Hall–Kier alpha value is -0.900. The van der Waals surface area contributed by atoms with Gasteiger partial charge in [-0.2, -0.15) is 0 Å². The Balaban J connectivity index is 2.43. The third-order valence-electron chi connectivity index (χ3n) is 4.37. The van der Waals surface area contributed by atoms with Gasteiger partial charge in [-0.15, -0.1) is 0 Å². The highest BCUT2D eigenvalue weighted by atomic mass is 16.5. The van der Waals surface area contributed by atoms with Crippen molar-refractivity contribution in [1.82, 2.24) is 5.32 Å². The lowest BCUT2D eigenvalue weighted by Gasteiger charge is -2.36. The predicted molar refractivity (Wildman–Crippen MR) is 83.9 cm³/mol. The van der Waals surface area contributed by atoms with E-state index in [2.05, 4.69) is 26.1 Å². The molecular weight excluding hydrogens is 266 g/mol. The number of hydrogen-bond acceptors (Lipinski definition) is 4. The van der Waals surface area contributed by atoms with E-state index in [1.807, 2.05) is 13.8 Å². The molecule has 3 atom stereocenters. The van der Waals surface area contributed by atoms with Gasteiger partial charge in [0, 0.05) is 5.92 Å². The van der Waals surface area contributed by atoms with Crippen LogP contribution in [-0.4, -0.2) is 30.9 Å². The second-order valence-corrected chi connectivity index (χ2v) is 7.04. The molecule has 4 heteroatoms. The molecule has 21 heavy (non-hydrogen) atoms. The van der Waals surface area contributed by atoms with Crippen molar-refractivity contribution in [2.45, 2.75) is 60.0 Å². The number of carbonyl (C=O) groups excluding carboxylic acids is 2. The van der Waals surface area contributed by atoms with E-state index in [1.54, 1.807) is 0 Å². The molecule has 122 valence electrons. The maximum absolute atomic E-state index is 12.4. The Labute approximate surface area is 129 Å². The van der Waals surface area contributed by atoms with Crippen molar-refractivity contribution in [3.8, 4) is 0 Å². The van der Waals surface area contributed by atoms with Crippen LogP contribution in [0.15, 0.2) is 0 Å². The number of carbonyl (C=O) groups is 2. The third-order valence-corrected chi connectivity index (χ3v) is 4.37. The first-order chi connectivity index (χ1) is 9.81. The number of esters is 1. The summed E-state index contributed by atoms with van der Waals surface area (Å²) in [6.45, 7) is 10.7. The summed E-state index contributed by atoms with van der Waals surface area (Å²) in [5.74, 6) is 1.74. The van der Waals surface area contributed by atoms with Gasteiger partial charge in [-0.05, 0) is 44.4 Å². The van der Waals surface area contributed by atoms with Gasteiger partial charge >= 0.3 is 5.97 Å². The molecule has 0 amide bonds. The number of rotatable bonds is 7. The fourth-order valence-electron chi connectivity index (χ4n) is 3.30. The second kappa shape index (κ2) is 8.52. The first-order valence-electron chi connectivity index (χ1n) is 8.24. The summed E-state index contributed by atoms with van der Waals surface area (Å²) in [7, 11) is 0. The molecule has 0 unspecified atom stereocenters. The van der Waals surface area contributed by atoms with Crippen LogP contribution in [0.4, 0.5) is 0 Å². The van der Waals surface area contributed by atoms with Crippen LogP contribution in [0.1, 0.15) is 53.9 Å². The van der Waals surface area contributed by atoms with Crippen LogP contribution in [0.2, 0.25) is 0 Å². The van der Waals surface area contributed by atoms with E-state index >= 15 is 0 Å². The number of nitrogens with one attached hydrogen (secondary N) is 1. The summed E-state index contributed by atoms with van der Waals surface area (Å²) in [4.78, 5) is 23.9. The Morgan fingerprint density at radius 2 is 1.81 bits per heavy atom. The first-order valence-corrected chi connectivity index (χ1v) is 8.24. The average molecular weight is 297 g/mol. The average Bonchev–Trinajstić information content (AvgIpc) is 2.37. The monoisotopic (exact) mass is 297 g/mol. The minimum Gasteiger partial charge on any atom is -0.462 e. The zero-order chi connectivity index (χ0) is 16.0. The van der Waals surface area contributed by atoms with Gasteiger partial charge in [0.05, 0.1) is 19.2 Å². The van der Waals surface area contributed by atoms with Crippen molar-refractivity contribution < 1.29 is 14.3 Å². The molecule has 0 saturated heterocycles. The summed E-state index contributed by atoms with van der Waals surface area (Å²) in [6.07, 6.45) is 3.24. The van der Waals surface area contributed by atoms with Gasteiger partial charge < -0.3 is 10.1 Å². The molecule has 0 aromatic rings. The minimum atomic E-state index is -0.296.